The molecule has 0 fully saturated rings. The number of rotatable bonds is 3. The van der Waals surface area contributed by atoms with E-state index in [-0.39, 0.29) is 11.9 Å². The first-order valence-corrected chi connectivity index (χ1v) is 8.78. The quantitative estimate of drug-likeness (QED) is 0.591. The van der Waals surface area contributed by atoms with Gasteiger partial charge in [0.25, 0.3) is 5.91 Å². The maximum Gasteiger partial charge on any atom is 0.255 e. The summed E-state index contributed by atoms with van der Waals surface area (Å²) in [6.45, 7) is 5.96. The van der Waals surface area contributed by atoms with Crippen molar-refractivity contribution in [3.63, 3.8) is 0 Å². The van der Waals surface area contributed by atoms with Gasteiger partial charge in [-0.15, -0.1) is 0 Å². The van der Waals surface area contributed by atoms with Gasteiger partial charge in [-0.05, 0) is 55.3 Å². The van der Waals surface area contributed by atoms with Crippen molar-refractivity contribution in [1.29, 1.82) is 0 Å². The zero-order valence-electron chi connectivity index (χ0n) is 15.2. The Balaban J connectivity index is 1.63. The molecule has 26 heavy (non-hydrogen) atoms. The van der Waals surface area contributed by atoms with Crippen LogP contribution in [0.2, 0.25) is 0 Å². The minimum Gasteiger partial charge on any atom is -0.345 e. The molecule has 0 unspecified atom stereocenters. The van der Waals surface area contributed by atoms with E-state index in [1.807, 2.05) is 55.6 Å². The van der Waals surface area contributed by atoms with Gasteiger partial charge in [-0.3, -0.25) is 4.79 Å². The van der Waals surface area contributed by atoms with Gasteiger partial charge >= 0.3 is 0 Å². The second-order valence-corrected chi connectivity index (χ2v) is 6.76. The summed E-state index contributed by atoms with van der Waals surface area (Å²) in [7, 11) is 0. The minimum atomic E-state index is -0.106. The number of hydrogen-bond donors (Lipinski definition) is 1. The molecule has 0 aliphatic rings. The van der Waals surface area contributed by atoms with Gasteiger partial charge in [0.15, 0.2) is 0 Å². The smallest absolute Gasteiger partial charge is 0.255 e. The van der Waals surface area contributed by atoms with E-state index in [0.29, 0.717) is 11.2 Å². The lowest BCUT2D eigenvalue weighted by Gasteiger charge is -2.15. The fraction of sp³-hybridized carbons (Fsp3) is 0.182. The highest BCUT2D eigenvalue weighted by molar-refractivity contribution is 6.00. The molecule has 4 heteroatoms. The third-order valence-electron chi connectivity index (χ3n) is 4.81. The Hall–Kier alpha value is -3.14. The Bertz CT molecular complexity index is 1130. The Morgan fingerprint density at radius 2 is 1.81 bits per heavy atom. The molecule has 2 aromatic heterocycles. The third kappa shape index (κ3) is 2.84. The molecule has 0 saturated carbocycles. The summed E-state index contributed by atoms with van der Waals surface area (Å²) < 4.78 is 1.95. The van der Waals surface area contributed by atoms with Gasteiger partial charge in [-0.2, -0.15) is 0 Å². The Labute approximate surface area is 152 Å². The lowest BCUT2D eigenvalue weighted by molar-refractivity contribution is 0.0941. The van der Waals surface area contributed by atoms with E-state index < -0.39 is 0 Å². The van der Waals surface area contributed by atoms with E-state index >= 15 is 0 Å². The zero-order chi connectivity index (χ0) is 18.3. The predicted molar refractivity (Wildman–Crippen MR) is 104 cm³/mol. The van der Waals surface area contributed by atoms with Crippen LogP contribution in [0.1, 0.15) is 40.3 Å². The molecule has 0 aliphatic heterocycles. The molecule has 1 N–H and O–H groups in total. The van der Waals surface area contributed by atoms with Gasteiger partial charge in [0.05, 0.1) is 11.6 Å². The number of nitrogens with zero attached hydrogens (tertiary/aromatic N) is 2. The second kappa shape index (κ2) is 6.30. The molecule has 4 nitrogen and oxygen atoms in total. The maximum atomic E-state index is 12.8. The Kier molecular flexibility index (Phi) is 3.96. The topological polar surface area (TPSA) is 46.4 Å². The van der Waals surface area contributed by atoms with E-state index in [9.17, 15) is 4.79 Å². The Morgan fingerprint density at radius 1 is 1.04 bits per heavy atom. The highest BCUT2D eigenvalue weighted by Crippen LogP contribution is 2.21. The molecule has 4 rings (SSSR count). The molecule has 2 heterocycles. The third-order valence-corrected chi connectivity index (χ3v) is 4.81. The highest BCUT2D eigenvalue weighted by atomic mass is 16.1. The fourth-order valence-corrected chi connectivity index (χ4v) is 3.41. The van der Waals surface area contributed by atoms with Gasteiger partial charge < -0.3 is 9.72 Å². The van der Waals surface area contributed by atoms with Crippen LogP contribution in [0.25, 0.3) is 16.4 Å². The first-order chi connectivity index (χ1) is 12.5. The largest absolute Gasteiger partial charge is 0.345 e. The molecule has 0 bridgehead atoms. The van der Waals surface area contributed by atoms with Gasteiger partial charge in [0.1, 0.15) is 5.65 Å². The van der Waals surface area contributed by atoms with Crippen molar-refractivity contribution in [2.75, 3.05) is 0 Å². The first kappa shape index (κ1) is 16.3. The van der Waals surface area contributed by atoms with Crippen molar-refractivity contribution < 1.29 is 4.79 Å². The first-order valence-electron chi connectivity index (χ1n) is 8.78. The van der Waals surface area contributed by atoms with Crippen LogP contribution in [0.5, 0.6) is 0 Å². The number of carbonyl (C=O) groups excluding carboxylic acids is 1. The van der Waals surface area contributed by atoms with Crippen LogP contribution in [0.3, 0.4) is 0 Å². The molecule has 4 aromatic rings. The predicted octanol–water partition coefficient (Wildman–Crippen LogP) is 4.60. The van der Waals surface area contributed by atoms with E-state index in [1.54, 1.807) is 0 Å². The molecular weight excluding hydrogens is 322 g/mol. The SMILES string of the molecule is Cc1cc(C)n2ccc(C(=O)N[C@H](C)c3ccc4ccccc4c3)c2n1. The monoisotopic (exact) mass is 343 g/mol. The standard InChI is InChI=1S/C22H21N3O/c1-14-12-15(2)25-11-10-20(21(25)23-14)22(26)24-16(3)18-9-8-17-6-4-5-7-19(17)13-18/h4-13,16H,1-3H3,(H,24,26)/t16-/m1/s1. The lowest BCUT2D eigenvalue weighted by atomic mass is 10.0. The number of fused-ring (bicyclic) bond motifs is 2. The van der Waals surface area contributed by atoms with Gasteiger partial charge in [-0.25, -0.2) is 4.98 Å². The number of aromatic nitrogens is 2. The molecule has 0 spiro atoms. The Morgan fingerprint density at radius 3 is 2.62 bits per heavy atom. The summed E-state index contributed by atoms with van der Waals surface area (Å²) in [5.41, 5.74) is 4.36. The summed E-state index contributed by atoms with van der Waals surface area (Å²) in [5, 5.41) is 5.47. The molecule has 0 aliphatic carbocycles. The van der Waals surface area contributed by atoms with Crippen molar-refractivity contribution >= 4 is 22.3 Å². The van der Waals surface area contributed by atoms with E-state index in [4.69, 9.17) is 0 Å². The molecule has 1 amide bonds. The molecule has 1 atom stereocenters. The molecule has 130 valence electrons. The highest BCUT2D eigenvalue weighted by Gasteiger charge is 2.17. The van der Waals surface area contributed by atoms with Crippen LogP contribution in [-0.2, 0) is 0 Å². The van der Waals surface area contributed by atoms with Crippen LogP contribution in [-0.4, -0.2) is 15.3 Å². The van der Waals surface area contributed by atoms with Crippen LogP contribution < -0.4 is 5.32 Å². The fourth-order valence-electron chi connectivity index (χ4n) is 3.41. The van der Waals surface area contributed by atoms with Gasteiger partial charge in [0.2, 0.25) is 0 Å². The van der Waals surface area contributed by atoms with Crippen LogP contribution in [0.4, 0.5) is 0 Å². The number of benzene rings is 2. The van der Waals surface area contributed by atoms with E-state index in [0.717, 1.165) is 17.0 Å². The number of aryl methyl sites for hydroxylation is 2. The van der Waals surface area contributed by atoms with Gasteiger partial charge in [-0.1, -0.05) is 36.4 Å². The summed E-state index contributed by atoms with van der Waals surface area (Å²) in [6, 6.07) is 18.3. The maximum absolute atomic E-state index is 12.8. The summed E-state index contributed by atoms with van der Waals surface area (Å²) in [5.74, 6) is -0.106. The lowest BCUT2D eigenvalue weighted by Crippen LogP contribution is -2.26. The summed E-state index contributed by atoms with van der Waals surface area (Å²) in [6.07, 6.45) is 1.90. The van der Waals surface area contributed by atoms with Crippen LogP contribution in [0.15, 0.2) is 60.8 Å². The zero-order valence-corrected chi connectivity index (χ0v) is 15.2. The molecule has 0 saturated heterocycles. The normalized spacial score (nSPS) is 12.4. The number of amides is 1. The average molecular weight is 343 g/mol. The second-order valence-electron chi connectivity index (χ2n) is 6.76. The summed E-state index contributed by atoms with van der Waals surface area (Å²) in [4.78, 5) is 17.4. The van der Waals surface area contributed by atoms with E-state index in [2.05, 4.69) is 40.6 Å². The number of carbonyl (C=O) groups is 1. The molecular formula is C22H21N3O. The molecule has 0 radical (unpaired) electrons. The van der Waals surface area contributed by atoms with Crippen molar-refractivity contribution in [2.24, 2.45) is 0 Å². The summed E-state index contributed by atoms with van der Waals surface area (Å²) >= 11 is 0. The average Bonchev–Trinajstić information content (AvgIpc) is 3.05. The minimum absolute atomic E-state index is 0.0898. The van der Waals surface area contributed by atoms with E-state index in [1.165, 1.54) is 10.8 Å². The van der Waals surface area contributed by atoms with Crippen molar-refractivity contribution in [3.8, 4) is 0 Å². The van der Waals surface area contributed by atoms with Crippen molar-refractivity contribution in [3.05, 3.63) is 83.3 Å². The van der Waals surface area contributed by atoms with Crippen molar-refractivity contribution in [2.45, 2.75) is 26.8 Å². The number of nitrogens with one attached hydrogen (secondary N) is 1. The van der Waals surface area contributed by atoms with Crippen molar-refractivity contribution in [1.82, 2.24) is 14.7 Å². The molecule has 2 aromatic carbocycles. The van der Waals surface area contributed by atoms with Crippen LogP contribution >= 0.6 is 0 Å². The number of hydrogen-bond acceptors (Lipinski definition) is 2. The van der Waals surface area contributed by atoms with Crippen LogP contribution in [0, 0.1) is 13.8 Å². The van der Waals surface area contributed by atoms with Gasteiger partial charge in [0, 0.05) is 17.6 Å².